The lowest BCUT2D eigenvalue weighted by Crippen LogP contribution is -2.18. The van der Waals surface area contributed by atoms with Crippen molar-refractivity contribution in [1.29, 1.82) is 0 Å². The first kappa shape index (κ1) is 27.3. The molecule has 0 fully saturated rings. The van der Waals surface area contributed by atoms with E-state index in [1.54, 1.807) is 35.0 Å². The Kier molecular flexibility index (Phi) is 6.98. The Labute approximate surface area is 415 Å². The van der Waals surface area contributed by atoms with Gasteiger partial charge in [0.25, 0.3) is 0 Å². The van der Waals surface area contributed by atoms with Crippen LogP contribution in [0.1, 0.15) is 156 Å². The molecule has 0 saturated heterocycles. The lowest BCUT2D eigenvalue weighted by atomic mass is 9.78. The summed E-state index contributed by atoms with van der Waals surface area (Å²) in [7, 11) is 0. The summed E-state index contributed by atoms with van der Waals surface area (Å²) in [4.78, 5) is 10.0. The highest BCUT2D eigenvalue weighted by atomic mass is 16.3. The van der Waals surface area contributed by atoms with Crippen LogP contribution in [-0.2, 0) is 21.7 Å². The molecule has 0 aliphatic rings. The number of aromatic hydroxyl groups is 1. The Morgan fingerprint density at radius 2 is 1.18 bits per heavy atom. The predicted octanol–water partition coefficient (Wildman–Crippen LogP) is 16.8. The number of pyridine rings is 1. The molecule has 0 unspecified atom stereocenters. The van der Waals surface area contributed by atoms with Crippen LogP contribution in [0.3, 0.4) is 0 Å². The van der Waals surface area contributed by atoms with Gasteiger partial charge in [-0.05, 0) is 126 Å². The van der Waals surface area contributed by atoms with E-state index in [2.05, 4.69) is 0 Å². The molecule has 0 atom stereocenters. The molecule has 0 aliphatic heterocycles. The van der Waals surface area contributed by atoms with Gasteiger partial charge in [0, 0.05) is 48.9 Å². The zero-order valence-corrected chi connectivity index (χ0v) is 38.1. The maximum absolute atomic E-state index is 13.1. The third-order valence-electron chi connectivity index (χ3n) is 12.0. The summed E-state index contributed by atoms with van der Waals surface area (Å²) in [6, 6.07) is 38.7. The van der Waals surface area contributed by atoms with Crippen LogP contribution >= 0.6 is 0 Å². The Hall–Kier alpha value is -6.26. The normalized spacial score (nSPS) is 18.3. The Morgan fingerprint density at radius 1 is 0.538 bits per heavy atom. The molecule has 0 radical (unpaired) electrons. The summed E-state index contributed by atoms with van der Waals surface area (Å²) in [5, 5.41) is 13.1. The molecular weight excluding hydrogens is 791 g/mol. The van der Waals surface area contributed by atoms with E-state index in [1.165, 1.54) is 0 Å². The van der Waals surface area contributed by atoms with Gasteiger partial charge in [-0.2, -0.15) is 0 Å². The molecule has 6 aromatic carbocycles. The standard InChI is InChI=1S/C61H67N3O/c1-38(2)39-23-25-41(26-24-39)43-29-30-62-52(35-43)45-31-44(32-46(33-45)58(3,4)5)48-21-18-22-54-55(48)63-57(49-36-47(59(6,7)8)37-51(56(49)65)61(12,13)14)64(54)53-28-27-42(34-50(53)60(9,10)11)40-19-16-15-17-20-40/h15-38,65H,1-14H3/i6D3,7D3,8D3,12D3,13D3,14D3,38D. The van der Waals surface area contributed by atoms with Crippen molar-refractivity contribution >= 4 is 11.0 Å². The average Bonchev–Trinajstić information content (AvgIpc) is 0.888. The monoisotopic (exact) mass is 877 g/mol. The lowest BCUT2D eigenvalue weighted by molar-refractivity contribution is 0.446. The number of aromatic nitrogens is 3. The molecule has 0 saturated carbocycles. The van der Waals surface area contributed by atoms with Crippen LogP contribution in [0.25, 0.3) is 72.7 Å². The zero-order valence-electron chi connectivity index (χ0n) is 57.1. The lowest BCUT2D eigenvalue weighted by Gasteiger charge is -2.28. The van der Waals surface area contributed by atoms with Crippen molar-refractivity contribution < 1.29 is 31.2 Å². The van der Waals surface area contributed by atoms with Gasteiger partial charge in [0.05, 0.1) is 28.0 Å². The fourth-order valence-electron chi connectivity index (χ4n) is 8.33. The van der Waals surface area contributed by atoms with E-state index < -0.39 is 96.9 Å². The second kappa shape index (κ2) is 16.6. The average molecular weight is 877 g/mol. The zero-order chi connectivity index (χ0) is 62.7. The van der Waals surface area contributed by atoms with Gasteiger partial charge in [-0.25, -0.2) is 4.98 Å². The van der Waals surface area contributed by atoms with Crippen molar-refractivity contribution in [2.24, 2.45) is 0 Å². The van der Waals surface area contributed by atoms with Gasteiger partial charge in [-0.1, -0.05) is 181 Å². The number of rotatable bonds is 7. The van der Waals surface area contributed by atoms with Crippen molar-refractivity contribution in [3.63, 3.8) is 0 Å². The van der Waals surface area contributed by atoms with E-state index in [9.17, 15) is 5.11 Å². The SMILES string of the molecule is [2H]C(C)(C)c1ccc(-c2ccnc(-c3cc(-c4cccc5c4nc(-c4cc(C(C([2H])([2H])[2H])(C([2H])([2H])[2H])C([2H])([2H])[2H])cc(C(C([2H])([2H])[2H])(C([2H])([2H])[2H])C([2H])([2H])[2H])c4O)n5-c4ccc(-c5ccccc5)cc4C(C)(C)C)cc(C(C)(C)C)c3)c2)cc1. The van der Waals surface area contributed by atoms with Crippen LogP contribution in [0.4, 0.5) is 0 Å². The first-order chi connectivity index (χ1) is 38.3. The van der Waals surface area contributed by atoms with Crippen molar-refractivity contribution in [3.05, 3.63) is 167 Å². The molecule has 8 rings (SSSR count). The first-order valence-corrected chi connectivity index (χ1v) is 21.6. The van der Waals surface area contributed by atoms with Crippen molar-refractivity contribution in [2.45, 2.75) is 124 Å². The molecule has 2 aromatic heterocycles. The molecule has 1 N–H and O–H groups in total. The fourth-order valence-corrected chi connectivity index (χ4v) is 8.33. The number of fused-ring (bicyclic) bond motifs is 1. The van der Waals surface area contributed by atoms with E-state index >= 15 is 0 Å². The summed E-state index contributed by atoms with van der Waals surface area (Å²) in [5.41, 5.74) is -3.94. The molecule has 0 aliphatic carbocycles. The number of para-hydroxylation sites is 1. The number of phenolic OH excluding ortho intramolecular Hbond substituents is 1. The summed E-state index contributed by atoms with van der Waals surface area (Å²) < 4.78 is 168. The number of phenols is 1. The van der Waals surface area contributed by atoms with Gasteiger partial charge in [0.15, 0.2) is 0 Å². The van der Waals surface area contributed by atoms with Crippen LogP contribution in [0.5, 0.6) is 5.75 Å². The fraction of sp³-hybridized carbons (Fsp3) is 0.311. The molecule has 65 heavy (non-hydrogen) atoms. The Bertz CT molecular complexity index is 3700. The first-order valence-electron chi connectivity index (χ1n) is 31.1. The van der Waals surface area contributed by atoms with Crippen LogP contribution in [0.2, 0.25) is 0 Å². The van der Waals surface area contributed by atoms with Crippen LogP contribution in [-0.4, -0.2) is 19.6 Å². The van der Waals surface area contributed by atoms with Crippen LogP contribution < -0.4 is 0 Å². The molecule has 8 aromatic rings. The number of imidazole rings is 1. The van der Waals surface area contributed by atoms with Crippen LogP contribution in [0.15, 0.2) is 140 Å². The summed E-state index contributed by atoms with van der Waals surface area (Å²) in [6.45, 7) is -8.98. The minimum atomic E-state index is -4.14. The minimum absolute atomic E-state index is 0.185. The minimum Gasteiger partial charge on any atom is -0.507 e. The molecule has 332 valence electrons. The van der Waals surface area contributed by atoms with Crippen molar-refractivity contribution in [3.8, 4) is 67.5 Å². The van der Waals surface area contributed by atoms with Gasteiger partial charge in [-0.15, -0.1) is 0 Å². The van der Waals surface area contributed by atoms with Gasteiger partial charge in [0.1, 0.15) is 11.6 Å². The Morgan fingerprint density at radius 3 is 1.85 bits per heavy atom. The third kappa shape index (κ3) is 9.06. The molecule has 4 nitrogen and oxygen atoms in total. The number of hydrogen-bond donors (Lipinski definition) is 1. The van der Waals surface area contributed by atoms with E-state index in [4.69, 9.17) is 36.0 Å². The van der Waals surface area contributed by atoms with Gasteiger partial charge in [-0.3, -0.25) is 9.55 Å². The maximum Gasteiger partial charge on any atom is 0.149 e. The van der Waals surface area contributed by atoms with E-state index in [0.717, 1.165) is 39.4 Å². The van der Waals surface area contributed by atoms with E-state index in [0.29, 0.717) is 39.7 Å². The van der Waals surface area contributed by atoms with Crippen LogP contribution in [0, 0.1) is 0 Å². The quantitative estimate of drug-likeness (QED) is 0.174. The number of nitrogens with zero attached hydrogens (tertiary/aromatic N) is 3. The van der Waals surface area contributed by atoms with Crippen molar-refractivity contribution in [2.75, 3.05) is 0 Å². The molecule has 0 spiro atoms. The summed E-state index contributed by atoms with van der Waals surface area (Å²) >= 11 is 0. The Balaban J connectivity index is 1.58. The second-order valence-electron chi connectivity index (χ2n) is 19.3. The predicted molar refractivity (Wildman–Crippen MR) is 277 cm³/mol. The summed E-state index contributed by atoms with van der Waals surface area (Å²) in [5.74, 6) is -2.56. The van der Waals surface area contributed by atoms with E-state index in [-0.39, 0.29) is 11.0 Å². The van der Waals surface area contributed by atoms with E-state index in [1.807, 2.05) is 152 Å². The molecule has 0 amide bonds. The highest BCUT2D eigenvalue weighted by Crippen LogP contribution is 2.46. The molecular formula is C61H67N3O. The molecule has 0 bridgehead atoms. The number of benzene rings is 6. The third-order valence-corrected chi connectivity index (χ3v) is 12.0. The highest BCUT2D eigenvalue weighted by Gasteiger charge is 2.31. The van der Waals surface area contributed by atoms with Gasteiger partial charge < -0.3 is 5.11 Å². The smallest absolute Gasteiger partial charge is 0.149 e. The van der Waals surface area contributed by atoms with Gasteiger partial charge in [0.2, 0.25) is 0 Å². The maximum atomic E-state index is 13.1. The summed E-state index contributed by atoms with van der Waals surface area (Å²) in [6.07, 6.45) is 1.70. The molecule has 4 heteroatoms. The second-order valence-corrected chi connectivity index (χ2v) is 19.3. The molecule has 2 heterocycles. The topological polar surface area (TPSA) is 50.9 Å². The highest BCUT2D eigenvalue weighted by molar-refractivity contribution is 5.97. The van der Waals surface area contributed by atoms with Crippen molar-refractivity contribution in [1.82, 2.24) is 14.5 Å². The van der Waals surface area contributed by atoms with Gasteiger partial charge >= 0.3 is 0 Å². The largest absolute Gasteiger partial charge is 0.507 e. The number of hydrogen-bond acceptors (Lipinski definition) is 3.